The first-order chi connectivity index (χ1) is 7.29. The van der Waals surface area contributed by atoms with Crippen LogP contribution in [0.2, 0.25) is 5.02 Å². The van der Waals surface area contributed by atoms with E-state index in [1.54, 1.807) is 0 Å². The van der Waals surface area contributed by atoms with Crippen molar-refractivity contribution >= 4 is 11.6 Å². The molecular weight excluding hydrogens is 206 g/mol. The Balaban J connectivity index is 2.01. The highest BCUT2D eigenvalue weighted by Gasteiger charge is 2.21. The Bertz CT molecular complexity index is 316. The predicted octanol–water partition coefficient (Wildman–Crippen LogP) is 3.59. The Morgan fingerprint density at radius 3 is 2.53 bits per heavy atom. The fourth-order valence-corrected chi connectivity index (χ4v) is 2.67. The van der Waals surface area contributed by atoms with Crippen molar-refractivity contribution in [3.05, 3.63) is 34.9 Å². The Morgan fingerprint density at radius 2 is 1.93 bits per heavy atom. The van der Waals surface area contributed by atoms with Crippen LogP contribution in [0.25, 0.3) is 0 Å². The molecule has 0 radical (unpaired) electrons. The van der Waals surface area contributed by atoms with Crippen molar-refractivity contribution in [3.8, 4) is 0 Å². The van der Waals surface area contributed by atoms with E-state index in [4.69, 9.17) is 11.6 Å². The van der Waals surface area contributed by atoms with Crippen molar-refractivity contribution in [1.29, 1.82) is 0 Å². The Hall–Kier alpha value is -0.530. The van der Waals surface area contributed by atoms with E-state index in [9.17, 15) is 0 Å². The van der Waals surface area contributed by atoms with Gasteiger partial charge in [-0.2, -0.15) is 0 Å². The number of benzene rings is 1. The molecule has 0 aromatic heterocycles. The highest BCUT2D eigenvalue weighted by atomic mass is 35.5. The van der Waals surface area contributed by atoms with E-state index in [0.717, 1.165) is 11.1 Å². The van der Waals surface area contributed by atoms with Gasteiger partial charge >= 0.3 is 0 Å². The van der Waals surface area contributed by atoms with Gasteiger partial charge in [0.2, 0.25) is 0 Å². The number of rotatable bonds is 2. The van der Waals surface area contributed by atoms with Crippen molar-refractivity contribution in [2.24, 2.45) is 0 Å². The molecule has 0 atom stereocenters. The molecule has 1 aromatic rings. The van der Waals surface area contributed by atoms with Crippen LogP contribution < -0.4 is 5.32 Å². The minimum Gasteiger partial charge on any atom is -0.317 e. The molecule has 0 amide bonds. The van der Waals surface area contributed by atoms with Crippen LogP contribution >= 0.6 is 11.6 Å². The third-order valence-electron chi connectivity index (χ3n) is 3.46. The van der Waals surface area contributed by atoms with Crippen molar-refractivity contribution < 1.29 is 0 Å². The van der Waals surface area contributed by atoms with Gasteiger partial charge in [0.05, 0.1) is 0 Å². The fourth-order valence-electron chi connectivity index (χ4n) is 2.48. The van der Waals surface area contributed by atoms with Gasteiger partial charge in [-0.15, -0.1) is 0 Å². The number of halogens is 1. The first-order valence-electron chi connectivity index (χ1n) is 5.72. The van der Waals surface area contributed by atoms with Crippen molar-refractivity contribution in [3.63, 3.8) is 0 Å². The van der Waals surface area contributed by atoms with Crippen molar-refractivity contribution in [2.45, 2.75) is 37.6 Å². The molecule has 1 N–H and O–H groups in total. The lowest BCUT2D eigenvalue weighted by atomic mass is 9.82. The zero-order valence-corrected chi connectivity index (χ0v) is 9.93. The molecule has 0 unspecified atom stereocenters. The second-order valence-corrected chi connectivity index (χ2v) is 4.83. The van der Waals surface area contributed by atoms with E-state index in [1.807, 2.05) is 6.07 Å². The summed E-state index contributed by atoms with van der Waals surface area (Å²) in [5, 5.41) is 4.23. The first-order valence-corrected chi connectivity index (χ1v) is 6.10. The smallest absolute Gasteiger partial charge is 0.0408 e. The highest BCUT2D eigenvalue weighted by Crippen LogP contribution is 2.33. The summed E-state index contributed by atoms with van der Waals surface area (Å²) in [4.78, 5) is 0. The summed E-state index contributed by atoms with van der Waals surface area (Å²) in [5.41, 5.74) is 1.41. The maximum atomic E-state index is 6.01. The topological polar surface area (TPSA) is 12.0 Å². The van der Waals surface area contributed by atoms with Gasteiger partial charge < -0.3 is 5.32 Å². The Labute approximate surface area is 96.8 Å². The average Bonchev–Trinajstić information content (AvgIpc) is 2.29. The molecule has 0 heterocycles. The summed E-state index contributed by atoms with van der Waals surface area (Å²) in [7, 11) is 2.06. The molecule has 1 aromatic carbocycles. The van der Waals surface area contributed by atoms with Crippen LogP contribution in [-0.2, 0) is 0 Å². The van der Waals surface area contributed by atoms with Gasteiger partial charge in [0.1, 0.15) is 0 Å². The van der Waals surface area contributed by atoms with Crippen LogP contribution in [0.3, 0.4) is 0 Å². The van der Waals surface area contributed by atoms with Crippen molar-refractivity contribution in [1.82, 2.24) is 5.32 Å². The van der Waals surface area contributed by atoms with E-state index in [2.05, 4.69) is 30.6 Å². The molecule has 0 aliphatic heterocycles. The number of nitrogens with one attached hydrogen (secondary N) is 1. The third kappa shape index (κ3) is 2.73. The molecule has 15 heavy (non-hydrogen) atoms. The minimum absolute atomic E-state index is 0.716. The van der Waals surface area contributed by atoms with Gasteiger partial charge in [-0.3, -0.25) is 0 Å². The van der Waals surface area contributed by atoms with Crippen LogP contribution in [0.5, 0.6) is 0 Å². The fraction of sp³-hybridized carbons (Fsp3) is 0.538. The van der Waals surface area contributed by atoms with Crippen LogP contribution in [0, 0.1) is 0 Å². The summed E-state index contributed by atoms with van der Waals surface area (Å²) in [6.45, 7) is 0. The second kappa shape index (κ2) is 5.00. The molecule has 1 nitrogen and oxygen atoms in total. The summed E-state index contributed by atoms with van der Waals surface area (Å²) < 4.78 is 0. The second-order valence-electron chi connectivity index (χ2n) is 4.39. The van der Waals surface area contributed by atoms with E-state index < -0.39 is 0 Å². The van der Waals surface area contributed by atoms with Gasteiger partial charge in [0, 0.05) is 11.1 Å². The van der Waals surface area contributed by atoms with E-state index in [-0.39, 0.29) is 0 Å². The van der Waals surface area contributed by atoms with E-state index in [0.29, 0.717) is 5.92 Å². The molecule has 1 aliphatic rings. The summed E-state index contributed by atoms with van der Waals surface area (Å²) in [5.74, 6) is 0.716. The van der Waals surface area contributed by atoms with Crippen LogP contribution in [0.15, 0.2) is 24.3 Å². The predicted molar refractivity (Wildman–Crippen MR) is 65.5 cm³/mol. The summed E-state index contributed by atoms with van der Waals surface area (Å²) in [6.07, 6.45) is 5.14. The molecular formula is C13H18ClN. The molecule has 2 heteroatoms. The van der Waals surface area contributed by atoms with Gasteiger partial charge in [-0.1, -0.05) is 23.7 Å². The molecule has 1 fully saturated rings. The lowest BCUT2D eigenvalue weighted by Gasteiger charge is -2.28. The monoisotopic (exact) mass is 223 g/mol. The average molecular weight is 224 g/mol. The molecule has 0 saturated heterocycles. The minimum atomic E-state index is 0.716. The zero-order chi connectivity index (χ0) is 10.7. The maximum absolute atomic E-state index is 6.01. The standard InChI is InChI=1S/C13H18ClN/c1-15-13-7-5-10(6-8-13)11-3-2-4-12(14)9-11/h2-4,9-10,13,15H,5-8H2,1H3. The summed E-state index contributed by atoms with van der Waals surface area (Å²) >= 11 is 6.01. The van der Waals surface area contributed by atoms with Crippen LogP contribution in [0.4, 0.5) is 0 Å². The lowest BCUT2D eigenvalue weighted by molar-refractivity contribution is 0.359. The Morgan fingerprint density at radius 1 is 1.20 bits per heavy atom. The lowest BCUT2D eigenvalue weighted by Crippen LogP contribution is -2.29. The Kier molecular flexibility index (Phi) is 3.66. The first kappa shape index (κ1) is 11.0. The quantitative estimate of drug-likeness (QED) is 0.808. The molecule has 1 aliphatic carbocycles. The van der Waals surface area contributed by atoms with Gasteiger partial charge in [-0.25, -0.2) is 0 Å². The molecule has 2 rings (SSSR count). The number of hydrogen-bond acceptors (Lipinski definition) is 1. The van der Waals surface area contributed by atoms with Crippen LogP contribution in [0.1, 0.15) is 37.2 Å². The summed E-state index contributed by atoms with van der Waals surface area (Å²) in [6, 6.07) is 9.05. The molecule has 82 valence electrons. The van der Waals surface area contributed by atoms with Gasteiger partial charge in [0.25, 0.3) is 0 Å². The van der Waals surface area contributed by atoms with Crippen LogP contribution in [-0.4, -0.2) is 13.1 Å². The third-order valence-corrected chi connectivity index (χ3v) is 3.69. The van der Waals surface area contributed by atoms with Crippen molar-refractivity contribution in [2.75, 3.05) is 7.05 Å². The highest BCUT2D eigenvalue weighted by molar-refractivity contribution is 6.30. The molecule has 0 spiro atoms. The molecule has 1 saturated carbocycles. The molecule has 0 bridgehead atoms. The van der Waals surface area contributed by atoms with Gasteiger partial charge in [0.15, 0.2) is 0 Å². The normalized spacial score (nSPS) is 26.5. The number of hydrogen-bond donors (Lipinski definition) is 1. The zero-order valence-electron chi connectivity index (χ0n) is 9.17. The van der Waals surface area contributed by atoms with E-state index >= 15 is 0 Å². The SMILES string of the molecule is CNC1CCC(c2cccc(Cl)c2)CC1. The largest absolute Gasteiger partial charge is 0.317 e. The van der Waals surface area contributed by atoms with E-state index in [1.165, 1.54) is 31.2 Å². The van der Waals surface area contributed by atoms with Gasteiger partial charge in [-0.05, 0) is 56.3 Å². The maximum Gasteiger partial charge on any atom is 0.0408 e.